The van der Waals surface area contributed by atoms with Gasteiger partial charge in [-0.25, -0.2) is 4.79 Å². The van der Waals surface area contributed by atoms with Gasteiger partial charge in [0.1, 0.15) is 6.04 Å². The van der Waals surface area contributed by atoms with Crippen LogP contribution in [0.4, 0.5) is 0 Å². The maximum Gasteiger partial charge on any atom is 0.326 e. The van der Waals surface area contributed by atoms with Gasteiger partial charge in [0.15, 0.2) is 0 Å². The topological polar surface area (TPSA) is 83.6 Å². The smallest absolute Gasteiger partial charge is 0.326 e. The summed E-state index contributed by atoms with van der Waals surface area (Å²) in [6.45, 7) is 4.26. The van der Waals surface area contributed by atoms with Crippen molar-refractivity contribution >= 4 is 11.9 Å². The second-order valence-electron chi connectivity index (χ2n) is 5.85. The number of nitrogens with two attached hydrogens (primary N) is 1. The van der Waals surface area contributed by atoms with E-state index < -0.39 is 17.4 Å². The predicted octanol–water partition coefficient (Wildman–Crippen LogP) is 1.46. The molecule has 1 aliphatic rings. The van der Waals surface area contributed by atoms with Crippen LogP contribution in [0.2, 0.25) is 0 Å². The summed E-state index contributed by atoms with van der Waals surface area (Å²) in [5.74, 6) is -0.426. The molecule has 1 atom stereocenters. The van der Waals surface area contributed by atoms with Crippen LogP contribution < -0.4 is 5.73 Å². The van der Waals surface area contributed by atoms with E-state index in [0.717, 1.165) is 25.7 Å². The lowest BCUT2D eigenvalue weighted by Gasteiger charge is -2.41. The molecule has 0 aromatic carbocycles. The van der Waals surface area contributed by atoms with Gasteiger partial charge in [0, 0.05) is 13.6 Å². The van der Waals surface area contributed by atoms with Gasteiger partial charge >= 0.3 is 5.97 Å². The molecule has 1 rings (SSSR count). The zero-order valence-corrected chi connectivity index (χ0v) is 12.2. The molecule has 0 spiro atoms. The zero-order chi connectivity index (χ0) is 14.6. The molecule has 0 aromatic rings. The summed E-state index contributed by atoms with van der Waals surface area (Å²) in [6, 6.07) is -0.754. The highest BCUT2D eigenvalue weighted by atomic mass is 16.4. The number of carbonyl (C=O) groups is 2. The lowest BCUT2D eigenvalue weighted by Crippen LogP contribution is -2.53. The van der Waals surface area contributed by atoms with Crippen LogP contribution in [0.25, 0.3) is 0 Å². The van der Waals surface area contributed by atoms with Crippen molar-refractivity contribution in [1.29, 1.82) is 0 Å². The molecule has 19 heavy (non-hydrogen) atoms. The van der Waals surface area contributed by atoms with Crippen molar-refractivity contribution in [2.45, 2.75) is 52.0 Å². The molecule has 5 heteroatoms. The van der Waals surface area contributed by atoms with Gasteiger partial charge in [-0.3, -0.25) is 4.79 Å². The first-order chi connectivity index (χ1) is 8.88. The van der Waals surface area contributed by atoms with Crippen LogP contribution in [-0.4, -0.2) is 41.5 Å². The number of hydrogen-bond acceptors (Lipinski definition) is 3. The van der Waals surface area contributed by atoms with Gasteiger partial charge in [-0.1, -0.05) is 13.8 Å². The van der Waals surface area contributed by atoms with E-state index in [2.05, 4.69) is 6.92 Å². The van der Waals surface area contributed by atoms with Crippen LogP contribution in [0.15, 0.2) is 0 Å². The first kappa shape index (κ1) is 16.0. The van der Waals surface area contributed by atoms with Crippen molar-refractivity contribution in [3.05, 3.63) is 0 Å². The highest BCUT2D eigenvalue weighted by molar-refractivity contribution is 5.87. The van der Waals surface area contributed by atoms with Gasteiger partial charge in [0.25, 0.3) is 0 Å². The molecule has 0 radical (unpaired) electrons. The van der Waals surface area contributed by atoms with Crippen LogP contribution in [-0.2, 0) is 9.59 Å². The minimum absolute atomic E-state index is 0.101. The molecule has 1 fully saturated rings. The third-order valence-corrected chi connectivity index (χ3v) is 4.54. The molecule has 1 unspecified atom stereocenters. The van der Waals surface area contributed by atoms with E-state index in [1.807, 2.05) is 0 Å². The average Bonchev–Trinajstić information content (AvgIpc) is 2.39. The Kier molecular flexibility index (Phi) is 5.35. The van der Waals surface area contributed by atoms with Gasteiger partial charge in [-0.05, 0) is 38.0 Å². The van der Waals surface area contributed by atoms with Crippen molar-refractivity contribution in [3.63, 3.8) is 0 Å². The van der Waals surface area contributed by atoms with Gasteiger partial charge in [-0.15, -0.1) is 0 Å². The van der Waals surface area contributed by atoms with Crippen LogP contribution in [0, 0.1) is 11.3 Å². The molecule has 1 saturated carbocycles. The van der Waals surface area contributed by atoms with Crippen LogP contribution in [0.3, 0.4) is 0 Å². The summed E-state index contributed by atoms with van der Waals surface area (Å²) >= 11 is 0. The number of hydrogen-bond donors (Lipinski definition) is 2. The fourth-order valence-electron chi connectivity index (χ4n) is 2.95. The van der Waals surface area contributed by atoms with Crippen LogP contribution >= 0.6 is 0 Å². The molecule has 5 nitrogen and oxygen atoms in total. The molecule has 1 amide bonds. The Morgan fingerprint density at radius 3 is 2.32 bits per heavy atom. The molecule has 0 aromatic heterocycles. The number of nitrogens with zero attached hydrogens (tertiary/aromatic N) is 1. The predicted molar refractivity (Wildman–Crippen MR) is 73.6 cm³/mol. The van der Waals surface area contributed by atoms with Crippen molar-refractivity contribution in [3.8, 4) is 0 Å². The summed E-state index contributed by atoms with van der Waals surface area (Å²) in [6.07, 6.45) is 3.92. The highest BCUT2D eigenvalue weighted by Gasteiger charge is 2.43. The lowest BCUT2D eigenvalue weighted by molar-refractivity contribution is -0.155. The summed E-state index contributed by atoms with van der Waals surface area (Å²) in [5.41, 5.74) is 5.29. The largest absolute Gasteiger partial charge is 0.480 e. The number of likely N-dealkylation sites (N-methyl/N-ethyl adjacent to an activating group) is 1. The summed E-state index contributed by atoms with van der Waals surface area (Å²) in [7, 11) is 1.58. The van der Waals surface area contributed by atoms with Crippen LogP contribution in [0.5, 0.6) is 0 Å². The van der Waals surface area contributed by atoms with Crippen LogP contribution in [0.1, 0.15) is 46.0 Å². The van der Waals surface area contributed by atoms with Crippen molar-refractivity contribution in [1.82, 2.24) is 4.90 Å². The monoisotopic (exact) mass is 270 g/mol. The molecule has 0 saturated heterocycles. The molecule has 1 aliphatic carbocycles. The first-order valence-corrected chi connectivity index (χ1v) is 7.08. The van der Waals surface area contributed by atoms with E-state index in [9.17, 15) is 9.59 Å². The van der Waals surface area contributed by atoms with Gasteiger partial charge in [-0.2, -0.15) is 0 Å². The number of rotatable bonds is 5. The normalized spacial score (nSPS) is 28.7. The van der Waals surface area contributed by atoms with Crippen molar-refractivity contribution in [2.24, 2.45) is 17.1 Å². The number of aliphatic carboxylic acids is 1. The number of carbonyl (C=O) groups excluding carboxylic acids is 1. The molecule has 0 heterocycles. The van der Waals surface area contributed by atoms with Gasteiger partial charge < -0.3 is 15.7 Å². The van der Waals surface area contributed by atoms with Crippen molar-refractivity contribution < 1.29 is 14.7 Å². The third-order valence-electron chi connectivity index (χ3n) is 4.54. The molecular formula is C14H26N2O3. The Bertz CT molecular complexity index is 336. The number of carboxylic acids is 1. The van der Waals surface area contributed by atoms with E-state index in [1.165, 1.54) is 4.90 Å². The van der Waals surface area contributed by atoms with Gasteiger partial charge in [0.2, 0.25) is 5.91 Å². The van der Waals surface area contributed by atoms with E-state index in [4.69, 9.17) is 10.8 Å². The Balaban J connectivity index is 2.86. The molecule has 0 aliphatic heterocycles. The zero-order valence-electron chi connectivity index (χ0n) is 12.2. The average molecular weight is 270 g/mol. The molecule has 3 N–H and O–H groups in total. The Hall–Kier alpha value is -1.10. The Labute approximate surface area is 115 Å². The van der Waals surface area contributed by atoms with Gasteiger partial charge in [0.05, 0.1) is 5.41 Å². The van der Waals surface area contributed by atoms with E-state index in [1.54, 1.807) is 14.0 Å². The fraction of sp³-hybridized carbons (Fsp3) is 0.857. The Morgan fingerprint density at radius 1 is 1.42 bits per heavy atom. The quantitative estimate of drug-likeness (QED) is 0.792. The second-order valence-corrected chi connectivity index (χ2v) is 5.85. The SMILES string of the molecule is CCC(C(=O)O)N(C)C(=O)C1(CN)CCC(C)CC1. The lowest BCUT2D eigenvalue weighted by atomic mass is 9.70. The van der Waals surface area contributed by atoms with E-state index in [0.29, 0.717) is 18.9 Å². The van der Waals surface area contributed by atoms with E-state index in [-0.39, 0.29) is 5.91 Å². The molecule has 0 bridgehead atoms. The Morgan fingerprint density at radius 2 is 1.95 bits per heavy atom. The summed E-state index contributed by atoms with van der Waals surface area (Å²) < 4.78 is 0. The van der Waals surface area contributed by atoms with E-state index >= 15 is 0 Å². The minimum atomic E-state index is -0.949. The standard InChI is InChI=1S/C14H26N2O3/c1-4-11(12(17)18)16(3)13(19)14(9-15)7-5-10(2)6-8-14/h10-11H,4-9,15H2,1-3H3,(H,17,18). The number of amides is 1. The highest BCUT2D eigenvalue weighted by Crippen LogP contribution is 2.39. The second kappa shape index (κ2) is 6.37. The summed E-state index contributed by atoms with van der Waals surface area (Å²) in [4.78, 5) is 25.2. The summed E-state index contributed by atoms with van der Waals surface area (Å²) in [5, 5.41) is 9.16. The molecular weight excluding hydrogens is 244 g/mol. The maximum absolute atomic E-state index is 12.6. The maximum atomic E-state index is 12.6. The third kappa shape index (κ3) is 3.26. The van der Waals surface area contributed by atoms with Crippen molar-refractivity contribution in [2.75, 3.05) is 13.6 Å². The first-order valence-electron chi connectivity index (χ1n) is 7.08. The molecule has 110 valence electrons. The number of carboxylic acid groups (broad SMARTS) is 1. The fourth-order valence-corrected chi connectivity index (χ4v) is 2.95. The minimum Gasteiger partial charge on any atom is -0.480 e.